The highest BCUT2D eigenvalue weighted by atomic mass is 35.7. The molecule has 1 saturated carbocycles. The fraction of sp³-hybridized carbons (Fsp3) is 0.875. The van der Waals surface area contributed by atoms with E-state index in [-0.39, 0.29) is 24.9 Å². The monoisotopic (exact) mass is 237 g/mol. The van der Waals surface area contributed by atoms with Crippen molar-refractivity contribution in [3.63, 3.8) is 0 Å². The third-order valence-electron chi connectivity index (χ3n) is 3.04. The Hall–Kier alpha value is -0.290. The molecule has 1 aliphatic carbocycles. The quantitative estimate of drug-likeness (QED) is 0.665. The van der Waals surface area contributed by atoms with Crippen LogP contribution in [0.3, 0.4) is 0 Å². The van der Waals surface area contributed by atoms with Crippen molar-refractivity contribution in [1.82, 2.24) is 4.90 Å². The zero-order valence-corrected chi connectivity index (χ0v) is 9.22. The molecule has 1 amide bonds. The van der Waals surface area contributed by atoms with E-state index < -0.39 is 14.3 Å². The van der Waals surface area contributed by atoms with Crippen molar-refractivity contribution in [2.45, 2.75) is 37.0 Å². The van der Waals surface area contributed by atoms with Crippen LogP contribution in [0.15, 0.2) is 0 Å². The highest BCUT2D eigenvalue weighted by Crippen LogP contribution is 2.31. The molecule has 1 atom stereocenters. The summed E-state index contributed by atoms with van der Waals surface area (Å²) in [6, 6.07) is 0.269. The van der Waals surface area contributed by atoms with E-state index in [0.29, 0.717) is 0 Å². The van der Waals surface area contributed by atoms with E-state index in [1.54, 1.807) is 4.90 Å². The lowest BCUT2D eigenvalue weighted by atomic mass is 9.92. The number of hydrogen-bond donors (Lipinski definition) is 0. The van der Waals surface area contributed by atoms with E-state index in [9.17, 15) is 13.2 Å². The van der Waals surface area contributed by atoms with Crippen LogP contribution < -0.4 is 0 Å². The maximum Gasteiger partial charge on any atom is 0.237 e. The minimum absolute atomic E-state index is 0.0579. The summed E-state index contributed by atoms with van der Waals surface area (Å²) < 4.78 is 22.1. The Morgan fingerprint density at radius 2 is 2.00 bits per heavy atom. The van der Waals surface area contributed by atoms with Gasteiger partial charge in [-0.15, -0.1) is 0 Å². The third-order valence-corrected chi connectivity index (χ3v) is 4.90. The van der Waals surface area contributed by atoms with Crippen LogP contribution in [0.1, 0.15) is 25.7 Å². The Morgan fingerprint density at radius 1 is 1.36 bits per heavy atom. The van der Waals surface area contributed by atoms with E-state index in [1.165, 1.54) is 0 Å². The van der Waals surface area contributed by atoms with Crippen LogP contribution in [0.5, 0.6) is 0 Å². The number of hydrogen-bond acceptors (Lipinski definition) is 3. The molecule has 1 saturated heterocycles. The molecular formula is C8H12ClNO3S. The molecule has 0 N–H and O–H groups in total. The van der Waals surface area contributed by atoms with Crippen LogP contribution in [-0.2, 0) is 13.8 Å². The average molecular weight is 238 g/mol. The molecule has 0 spiro atoms. The normalized spacial score (nSPS) is 29.4. The smallest absolute Gasteiger partial charge is 0.237 e. The van der Waals surface area contributed by atoms with Crippen LogP contribution in [-0.4, -0.2) is 37.1 Å². The number of halogens is 1. The molecule has 4 nitrogen and oxygen atoms in total. The van der Waals surface area contributed by atoms with Gasteiger partial charge >= 0.3 is 0 Å². The van der Waals surface area contributed by atoms with Gasteiger partial charge in [-0.25, -0.2) is 8.42 Å². The number of rotatable bonds is 2. The SMILES string of the molecule is O=C1CC(S(=O)(=O)Cl)CN1C1CCC1. The molecule has 6 heteroatoms. The summed E-state index contributed by atoms with van der Waals surface area (Å²) >= 11 is 0. The van der Waals surface area contributed by atoms with Gasteiger partial charge in [0, 0.05) is 29.7 Å². The van der Waals surface area contributed by atoms with Crippen LogP contribution >= 0.6 is 10.7 Å². The summed E-state index contributed by atoms with van der Waals surface area (Å²) in [5.41, 5.74) is 0. The molecule has 14 heavy (non-hydrogen) atoms. The minimum atomic E-state index is -3.58. The maximum absolute atomic E-state index is 11.5. The van der Waals surface area contributed by atoms with Crippen molar-refractivity contribution in [2.24, 2.45) is 0 Å². The second-order valence-corrected chi connectivity index (χ2v) is 6.84. The predicted octanol–water partition coefficient (Wildman–Crippen LogP) is 0.708. The van der Waals surface area contributed by atoms with Crippen molar-refractivity contribution in [2.75, 3.05) is 6.54 Å². The summed E-state index contributed by atoms with van der Waals surface area (Å²) in [5.74, 6) is -0.0658. The molecule has 0 aromatic rings. The molecule has 1 unspecified atom stereocenters. The summed E-state index contributed by atoms with van der Waals surface area (Å²) in [7, 11) is 1.65. The van der Waals surface area contributed by atoms with Crippen LogP contribution in [0, 0.1) is 0 Å². The second kappa shape index (κ2) is 3.38. The summed E-state index contributed by atoms with van der Waals surface area (Å²) in [6.45, 7) is 0.287. The van der Waals surface area contributed by atoms with Gasteiger partial charge in [0.2, 0.25) is 15.0 Å². The molecule has 1 heterocycles. The van der Waals surface area contributed by atoms with Gasteiger partial charge < -0.3 is 4.90 Å². The Bertz CT molecular complexity index is 350. The van der Waals surface area contributed by atoms with E-state index in [1.807, 2.05) is 0 Å². The van der Waals surface area contributed by atoms with Gasteiger partial charge in [0.25, 0.3) is 0 Å². The first-order chi connectivity index (χ1) is 6.48. The van der Waals surface area contributed by atoms with Crippen molar-refractivity contribution < 1.29 is 13.2 Å². The standard InChI is InChI=1S/C8H12ClNO3S/c9-14(12,13)7-4-8(11)10(5-7)6-2-1-3-6/h6-7H,1-5H2. The van der Waals surface area contributed by atoms with Crippen LogP contribution in [0.4, 0.5) is 0 Å². The van der Waals surface area contributed by atoms with E-state index >= 15 is 0 Å². The molecule has 0 aromatic carbocycles. The highest BCUT2D eigenvalue weighted by Gasteiger charge is 2.41. The molecule has 2 aliphatic rings. The van der Waals surface area contributed by atoms with Crippen LogP contribution in [0.25, 0.3) is 0 Å². The molecule has 0 bridgehead atoms. The van der Waals surface area contributed by atoms with E-state index in [2.05, 4.69) is 0 Å². The van der Waals surface area contributed by atoms with Gasteiger partial charge in [-0.2, -0.15) is 0 Å². The topological polar surface area (TPSA) is 54.5 Å². The number of carbonyl (C=O) groups is 1. The van der Waals surface area contributed by atoms with Gasteiger partial charge in [0.15, 0.2) is 0 Å². The van der Waals surface area contributed by atoms with Crippen LogP contribution in [0.2, 0.25) is 0 Å². The van der Waals surface area contributed by atoms with E-state index in [0.717, 1.165) is 19.3 Å². The summed E-state index contributed by atoms with van der Waals surface area (Å²) in [4.78, 5) is 13.1. The molecule has 0 radical (unpaired) electrons. The van der Waals surface area contributed by atoms with Gasteiger partial charge in [-0.3, -0.25) is 4.79 Å². The van der Waals surface area contributed by atoms with Crippen molar-refractivity contribution in [3.8, 4) is 0 Å². The number of likely N-dealkylation sites (tertiary alicyclic amines) is 1. The van der Waals surface area contributed by atoms with Crippen molar-refractivity contribution >= 4 is 25.6 Å². The molecule has 0 aromatic heterocycles. The second-order valence-electron chi connectivity index (χ2n) is 3.93. The Morgan fingerprint density at radius 3 is 2.36 bits per heavy atom. The van der Waals surface area contributed by atoms with Gasteiger partial charge in [0.05, 0.1) is 0 Å². The first-order valence-corrected chi connectivity index (χ1v) is 7.08. The largest absolute Gasteiger partial charge is 0.338 e. The fourth-order valence-electron chi connectivity index (χ4n) is 1.94. The summed E-state index contributed by atoms with van der Waals surface area (Å²) in [5, 5.41) is -0.697. The minimum Gasteiger partial charge on any atom is -0.338 e. The first kappa shape index (κ1) is 10.2. The molecular weight excluding hydrogens is 226 g/mol. The van der Waals surface area contributed by atoms with Crippen molar-refractivity contribution in [3.05, 3.63) is 0 Å². The number of nitrogens with zero attached hydrogens (tertiary/aromatic N) is 1. The zero-order valence-electron chi connectivity index (χ0n) is 7.65. The molecule has 80 valence electrons. The maximum atomic E-state index is 11.5. The average Bonchev–Trinajstić information content (AvgIpc) is 2.28. The van der Waals surface area contributed by atoms with Gasteiger partial charge in [0.1, 0.15) is 5.25 Å². The first-order valence-electron chi connectivity index (χ1n) is 4.71. The Kier molecular flexibility index (Phi) is 2.47. The Labute approximate surface area is 87.6 Å². The van der Waals surface area contributed by atoms with Gasteiger partial charge in [-0.05, 0) is 19.3 Å². The third kappa shape index (κ3) is 1.75. The van der Waals surface area contributed by atoms with Crippen molar-refractivity contribution in [1.29, 1.82) is 0 Å². The lowest BCUT2D eigenvalue weighted by Crippen LogP contribution is -2.41. The molecule has 1 aliphatic heterocycles. The number of amides is 1. The highest BCUT2D eigenvalue weighted by molar-refractivity contribution is 8.14. The molecule has 2 rings (SSSR count). The number of carbonyl (C=O) groups excluding carboxylic acids is 1. The lowest BCUT2D eigenvalue weighted by molar-refractivity contribution is -0.131. The predicted molar refractivity (Wildman–Crippen MR) is 52.5 cm³/mol. The summed E-state index contributed by atoms with van der Waals surface area (Å²) in [6.07, 6.45) is 3.19. The van der Waals surface area contributed by atoms with Gasteiger partial charge in [-0.1, -0.05) is 0 Å². The Balaban J connectivity index is 2.07. The zero-order chi connectivity index (χ0) is 10.3. The molecule has 2 fully saturated rings. The lowest BCUT2D eigenvalue weighted by Gasteiger charge is -2.34. The van der Waals surface area contributed by atoms with E-state index in [4.69, 9.17) is 10.7 Å². The fourth-order valence-corrected chi connectivity index (χ4v) is 2.98.